The van der Waals surface area contributed by atoms with E-state index in [1.165, 1.54) is 0 Å². The van der Waals surface area contributed by atoms with E-state index in [2.05, 4.69) is 0 Å². The first-order valence-electron chi connectivity index (χ1n) is 6.21. The van der Waals surface area contributed by atoms with Gasteiger partial charge in [0.05, 0.1) is 0 Å². The number of rotatable bonds is 2. The van der Waals surface area contributed by atoms with Crippen molar-refractivity contribution in [2.24, 2.45) is 0 Å². The van der Waals surface area contributed by atoms with Crippen molar-refractivity contribution in [2.45, 2.75) is 19.8 Å². The number of fused-ring (bicyclic) bond motifs is 1. The molecule has 1 heterocycles. The fraction of sp³-hybridized carbons (Fsp3) is 0.267. The molecule has 0 saturated heterocycles. The molecule has 94 valence electrons. The SMILES string of the molecule is CC=CC=CC(=O)N1CCCc2cc(N)ccc21. The number of hydrogen-bond donors (Lipinski definition) is 1. The molecule has 3 nitrogen and oxygen atoms in total. The minimum Gasteiger partial charge on any atom is -0.399 e. The van der Waals surface area contributed by atoms with Gasteiger partial charge in [-0.15, -0.1) is 0 Å². The molecule has 2 rings (SSSR count). The molecule has 0 bridgehead atoms. The Kier molecular flexibility index (Phi) is 3.82. The summed E-state index contributed by atoms with van der Waals surface area (Å²) in [5.74, 6) is 0.0267. The summed E-state index contributed by atoms with van der Waals surface area (Å²) >= 11 is 0. The van der Waals surface area contributed by atoms with Crippen LogP contribution in [0, 0.1) is 0 Å². The van der Waals surface area contributed by atoms with Gasteiger partial charge in [0.15, 0.2) is 0 Å². The van der Waals surface area contributed by atoms with Crippen molar-refractivity contribution in [2.75, 3.05) is 17.2 Å². The summed E-state index contributed by atoms with van der Waals surface area (Å²) in [7, 11) is 0. The van der Waals surface area contributed by atoms with Crippen LogP contribution in [0.1, 0.15) is 18.9 Å². The molecule has 1 aliphatic rings. The maximum absolute atomic E-state index is 12.1. The van der Waals surface area contributed by atoms with Crippen LogP contribution in [-0.4, -0.2) is 12.5 Å². The monoisotopic (exact) mass is 242 g/mol. The molecule has 0 aromatic heterocycles. The Balaban J connectivity index is 2.24. The van der Waals surface area contributed by atoms with Gasteiger partial charge in [-0.2, -0.15) is 0 Å². The third kappa shape index (κ3) is 2.62. The molecule has 2 N–H and O–H groups in total. The molecule has 1 aromatic rings. The highest BCUT2D eigenvalue weighted by Gasteiger charge is 2.20. The van der Waals surface area contributed by atoms with E-state index in [0.29, 0.717) is 0 Å². The van der Waals surface area contributed by atoms with Crippen molar-refractivity contribution in [1.29, 1.82) is 0 Å². The molecule has 1 aromatic carbocycles. The molecule has 0 fully saturated rings. The zero-order chi connectivity index (χ0) is 13.0. The number of aryl methyl sites for hydroxylation is 1. The van der Waals surface area contributed by atoms with Gasteiger partial charge in [0.2, 0.25) is 0 Å². The first kappa shape index (κ1) is 12.4. The Morgan fingerprint density at radius 1 is 1.39 bits per heavy atom. The fourth-order valence-electron chi connectivity index (χ4n) is 2.18. The number of carbonyl (C=O) groups is 1. The van der Waals surface area contributed by atoms with E-state index in [1.807, 2.05) is 42.2 Å². The number of anilines is 2. The topological polar surface area (TPSA) is 46.3 Å². The fourth-order valence-corrected chi connectivity index (χ4v) is 2.18. The number of carbonyl (C=O) groups excluding carboxylic acids is 1. The summed E-state index contributed by atoms with van der Waals surface area (Å²) in [6.07, 6.45) is 9.10. The predicted octanol–water partition coefficient (Wildman–Crippen LogP) is 2.68. The zero-order valence-electron chi connectivity index (χ0n) is 10.6. The molecule has 1 aliphatic heterocycles. The lowest BCUT2D eigenvalue weighted by molar-refractivity contribution is -0.114. The van der Waals surface area contributed by atoms with Crippen molar-refractivity contribution >= 4 is 17.3 Å². The summed E-state index contributed by atoms with van der Waals surface area (Å²) < 4.78 is 0. The second-order valence-corrected chi connectivity index (χ2v) is 4.37. The lowest BCUT2D eigenvalue weighted by Gasteiger charge is -2.28. The van der Waals surface area contributed by atoms with Crippen LogP contribution < -0.4 is 10.6 Å². The van der Waals surface area contributed by atoms with Crippen molar-refractivity contribution in [3.63, 3.8) is 0 Å². The number of nitrogens with two attached hydrogens (primary N) is 1. The summed E-state index contributed by atoms with van der Waals surface area (Å²) in [6.45, 7) is 2.70. The van der Waals surface area contributed by atoms with E-state index in [0.717, 1.165) is 36.3 Å². The number of amides is 1. The number of nitrogens with zero attached hydrogens (tertiary/aromatic N) is 1. The third-order valence-corrected chi connectivity index (χ3v) is 3.03. The third-order valence-electron chi connectivity index (χ3n) is 3.03. The number of allylic oxidation sites excluding steroid dienone is 3. The molecule has 0 saturated carbocycles. The molecule has 0 spiro atoms. The number of hydrogen-bond acceptors (Lipinski definition) is 2. The Morgan fingerprint density at radius 2 is 2.22 bits per heavy atom. The predicted molar refractivity (Wildman–Crippen MR) is 75.5 cm³/mol. The van der Waals surface area contributed by atoms with Crippen LogP contribution in [0.15, 0.2) is 42.5 Å². The Hall–Kier alpha value is -2.03. The molecule has 1 amide bonds. The average Bonchev–Trinajstić information content (AvgIpc) is 2.37. The van der Waals surface area contributed by atoms with Crippen LogP contribution in [0.4, 0.5) is 11.4 Å². The van der Waals surface area contributed by atoms with E-state index in [1.54, 1.807) is 12.2 Å². The maximum Gasteiger partial charge on any atom is 0.250 e. The Bertz CT molecular complexity index is 503. The summed E-state index contributed by atoms with van der Waals surface area (Å²) in [5.41, 5.74) is 8.68. The van der Waals surface area contributed by atoms with Gasteiger partial charge in [0, 0.05) is 24.0 Å². The van der Waals surface area contributed by atoms with Crippen LogP contribution in [0.3, 0.4) is 0 Å². The van der Waals surface area contributed by atoms with Gasteiger partial charge in [-0.1, -0.05) is 18.2 Å². The Labute approximate surface area is 108 Å². The van der Waals surface area contributed by atoms with Crippen molar-refractivity contribution in [3.05, 3.63) is 48.1 Å². The van der Waals surface area contributed by atoms with Gasteiger partial charge in [0.1, 0.15) is 0 Å². The van der Waals surface area contributed by atoms with Gasteiger partial charge in [0.25, 0.3) is 5.91 Å². The largest absolute Gasteiger partial charge is 0.399 e. The van der Waals surface area contributed by atoms with E-state index in [4.69, 9.17) is 5.73 Å². The molecule has 18 heavy (non-hydrogen) atoms. The highest BCUT2D eigenvalue weighted by molar-refractivity contribution is 6.02. The lowest BCUT2D eigenvalue weighted by atomic mass is 10.0. The van der Waals surface area contributed by atoms with Gasteiger partial charge in [-0.05, 0) is 43.5 Å². The zero-order valence-corrected chi connectivity index (χ0v) is 10.6. The molecular weight excluding hydrogens is 224 g/mol. The average molecular weight is 242 g/mol. The van der Waals surface area contributed by atoms with Crippen LogP contribution in [0.2, 0.25) is 0 Å². The van der Waals surface area contributed by atoms with Gasteiger partial charge < -0.3 is 10.6 Å². The first-order chi connectivity index (χ1) is 8.72. The standard InChI is InChI=1S/C15H18N2O/c1-2-3-4-7-15(18)17-10-5-6-12-11-13(16)8-9-14(12)17/h2-4,7-9,11H,5-6,10,16H2,1H3. The van der Waals surface area contributed by atoms with Crippen LogP contribution in [0.25, 0.3) is 0 Å². The number of nitrogen functional groups attached to an aromatic ring is 1. The van der Waals surface area contributed by atoms with Gasteiger partial charge in [-0.3, -0.25) is 4.79 Å². The molecule has 0 unspecified atom stereocenters. The van der Waals surface area contributed by atoms with Crippen LogP contribution >= 0.6 is 0 Å². The summed E-state index contributed by atoms with van der Waals surface area (Å²) in [5, 5.41) is 0. The highest BCUT2D eigenvalue weighted by Crippen LogP contribution is 2.28. The van der Waals surface area contributed by atoms with E-state index >= 15 is 0 Å². The highest BCUT2D eigenvalue weighted by atomic mass is 16.2. The number of benzene rings is 1. The summed E-state index contributed by atoms with van der Waals surface area (Å²) in [6, 6.07) is 5.75. The maximum atomic E-state index is 12.1. The second-order valence-electron chi connectivity index (χ2n) is 4.37. The Morgan fingerprint density at radius 3 is 3.00 bits per heavy atom. The first-order valence-corrected chi connectivity index (χ1v) is 6.21. The summed E-state index contributed by atoms with van der Waals surface area (Å²) in [4.78, 5) is 13.9. The van der Waals surface area contributed by atoms with E-state index in [9.17, 15) is 4.79 Å². The van der Waals surface area contributed by atoms with Crippen molar-refractivity contribution in [1.82, 2.24) is 0 Å². The molecule has 0 atom stereocenters. The minimum absolute atomic E-state index is 0.0267. The van der Waals surface area contributed by atoms with E-state index in [-0.39, 0.29) is 5.91 Å². The molecular formula is C15H18N2O. The second kappa shape index (κ2) is 5.54. The van der Waals surface area contributed by atoms with Crippen molar-refractivity contribution < 1.29 is 4.79 Å². The van der Waals surface area contributed by atoms with Gasteiger partial charge >= 0.3 is 0 Å². The molecule has 0 aliphatic carbocycles. The van der Waals surface area contributed by atoms with E-state index < -0.39 is 0 Å². The lowest BCUT2D eigenvalue weighted by Crippen LogP contribution is -2.34. The van der Waals surface area contributed by atoms with Crippen molar-refractivity contribution in [3.8, 4) is 0 Å². The quantitative estimate of drug-likeness (QED) is 0.492. The normalized spacial score (nSPS) is 15.3. The van der Waals surface area contributed by atoms with Crippen LogP contribution in [-0.2, 0) is 11.2 Å². The smallest absolute Gasteiger partial charge is 0.250 e. The van der Waals surface area contributed by atoms with Gasteiger partial charge in [-0.25, -0.2) is 0 Å². The molecule has 3 heteroatoms. The molecule has 0 radical (unpaired) electrons. The van der Waals surface area contributed by atoms with Crippen LogP contribution in [0.5, 0.6) is 0 Å². The minimum atomic E-state index is 0.0267.